The second-order valence-electron chi connectivity index (χ2n) is 2.89. The fourth-order valence-electron chi connectivity index (χ4n) is 1.16. The third-order valence-electron chi connectivity index (χ3n) is 2.14. The Hall–Kier alpha value is -0.610. The summed E-state index contributed by atoms with van der Waals surface area (Å²) in [4.78, 5) is 10.1. The molecule has 0 aliphatic heterocycles. The number of carbonyl (C=O) groups excluding carboxylic acids is 1. The Kier molecular flexibility index (Phi) is 1.66. The Morgan fingerprint density at radius 2 is 2.50 bits per heavy atom. The van der Waals surface area contributed by atoms with E-state index in [0.717, 1.165) is 6.42 Å². The maximum Gasteiger partial charge on any atom is 0.121 e. The van der Waals surface area contributed by atoms with Gasteiger partial charge in [-0.15, -0.1) is 0 Å². The Bertz CT molecular complexity index is 159. The number of carboxylic acid groups (broad SMARTS) is 1. The lowest BCUT2D eigenvalue weighted by atomic mass is 9.73. The number of aliphatic hydroxyl groups is 1. The Morgan fingerprint density at radius 1 is 1.90 bits per heavy atom. The van der Waals surface area contributed by atoms with Crippen molar-refractivity contribution in [1.82, 2.24) is 0 Å². The van der Waals surface area contributed by atoms with Crippen molar-refractivity contribution in [2.75, 3.05) is 0 Å². The highest BCUT2D eigenvalue weighted by molar-refractivity contribution is 5.66. The zero-order valence-electron chi connectivity index (χ0n) is 5.67. The van der Waals surface area contributed by atoms with Crippen molar-refractivity contribution in [2.24, 2.45) is 0 Å². The van der Waals surface area contributed by atoms with Crippen molar-refractivity contribution >= 4 is 5.97 Å². The van der Waals surface area contributed by atoms with E-state index in [9.17, 15) is 15.0 Å². The van der Waals surface area contributed by atoms with Gasteiger partial charge in [-0.3, -0.25) is 0 Å². The van der Waals surface area contributed by atoms with Crippen LogP contribution in [0.1, 0.15) is 19.3 Å². The van der Waals surface area contributed by atoms with Gasteiger partial charge in [0.25, 0.3) is 0 Å². The van der Waals surface area contributed by atoms with E-state index in [1.165, 1.54) is 0 Å². The maximum atomic E-state index is 10.1. The molecule has 4 nitrogen and oxygen atoms in total. The minimum absolute atomic E-state index is 0.134. The molecular weight excluding hydrogens is 134 g/mol. The van der Waals surface area contributed by atoms with E-state index in [2.05, 4.69) is 5.73 Å². The first-order valence-corrected chi connectivity index (χ1v) is 3.30. The molecule has 58 valence electrons. The van der Waals surface area contributed by atoms with Gasteiger partial charge in [-0.2, -0.15) is 0 Å². The van der Waals surface area contributed by atoms with Crippen LogP contribution in [0.3, 0.4) is 0 Å². The topological polar surface area (TPSA) is 88.0 Å². The van der Waals surface area contributed by atoms with Crippen molar-refractivity contribution in [3.8, 4) is 0 Å². The van der Waals surface area contributed by atoms with Gasteiger partial charge in [-0.05, 0) is 6.42 Å². The van der Waals surface area contributed by atoms with Crippen LogP contribution in [-0.4, -0.2) is 22.7 Å². The number of carbonyl (C=O) groups is 1. The largest absolute Gasteiger partial charge is 0.550 e. The van der Waals surface area contributed by atoms with Gasteiger partial charge in [0.1, 0.15) is 11.6 Å². The number of hydrogen-bond donors (Lipinski definition) is 2. The van der Waals surface area contributed by atoms with Crippen LogP contribution < -0.4 is 10.8 Å². The highest BCUT2D eigenvalue weighted by Gasteiger charge is 2.45. The van der Waals surface area contributed by atoms with Crippen molar-refractivity contribution in [2.45, 2.75) is 30.9 Å². The normalized spacial score (nSPS) is 38.8. The molecule has 0 saturated heterocycles. The highest BCUT2D eigenvalue weighted by atomic mass is 16.4. The molecule has 1 rings (SSSR count). The molecule has 0 aromatic heterocycles. The summed E-state index contributed by atoms with van der Waals surface area (Å²) in [6, 6.07) is -0.134. The van der Waals surface area contributed by atoms with Crippen LogP contribution in [0.5, 0.6) is 0 Å². The van der Waals surface area contributed by atoms with Crippen molar-refractivity contribution in [1.29, 1.82) is 0 Å². The molecule has 1 fully saturated rings. The molecular formula is C6H11NO3. The average Bonchev–Trinajstić information content (AvgIpc) is 1.84. The number of hydrogen-bond acceptors (Lipinski definition) is 3. The molecule has 0 amide bonds. The lowest BCUT2D eigenvalue weighted by Gasteiger charge is -2.40. The summed E-state index contributed by atoms with van der Waals surface area (Å²) in [5.41, 5.74) is 2.54. The Labute approximate surface area is 58.6 Å². The SMILES string of the molecule is [NH3+][C@@H]1CC[C@]1(O)CC(=O)[O-]. The van der Waals surface area contributed by atoms with Crippen molar-refractivity contribution in [3.63, 3.8) is 0 Å². The third kappa shape index (κ3) is 1.12. The maximum absolute atomic E-state index is 10.1. The van der Waals surface area contributed by atoms with Crippen molar-refractivity contribution in [3.05, 3.63) is 0 Å². The summed E-state index contributed by atoms with van der Waals surface area (Å²) in [6.45, 7) is 0. The summed E-state index contributed by atoms with van der Waals surface area (Å²) < 4.78 is 0. The molecule has 10 heavy (non-hydrogen) atoms. The Morgan fingerprint density at radius 3 is 2.60 bits per heavy atom. The molecule has 0 heterocycles. The summed E-state index contributed by atoms with van der Waals surface area (Å²) in [6.07, 6.45) is 1.07. The van der Waals surface area contributed by atoms with Crippen LogP contribution in [0.2, 0.25) is 0 Å². The van der Waals surface area contributed by atoms with E-state index in [-0.39, 0.29) is 12.5 Å². The molecule has 0 spiro atoms. The van der Waals surface area contributed by atoms with E-state index < -0.39 is 11.6 Å². The summed E-state index contributed by atoms with van der Waals surface area (Å²) in [5.74, 6) is -1.20. The van der Waals surface area contributed by atoms with Gasteiger partial charge in [0.2, 0.25) is 0 Å². The van der Waals surface area contributed by atoms with Crippen LogP contribution in [-0.2, 0) is 4.79 Å². The predicted molar refractivity (Wildman–Crippen MR) is 30.5 cm³/mol. The van der Waals surface area contributed by atoms with E-state index in [1.807, 2.05) is 0 Å². The number of carboxylic acids is 1. The van der Waals surface area contributed by atoms with Crippen LogP contribution in [0.15, 0.2) is 0 Å². The number of rotatable bonds is 2. The minimum Gasteiger partial charge on any atom is -0.550 e. The second-order valence-corrected chi connectivity index (χ2v) is 2.89. The average molecular weight is 145 g/mol. The zero-order chi connectivity index (χ0) is 7.78. The van der Waals surface area contributed by atoms with Gasteiger partial charge in [0.05, 0.1) is 0 Å². The standard InChI is InChI=1S/C6H11NO3/c7-4-1-2-6(4,10)3-5(8)9/h4,10H,1-3,7H2,(H,8,9)/t4-,6+/m1/s1. The molecule has 1 aliphatic carbocycles. The molecule has 0 aromatic carbocycles. The van der Waals surface area contributed by atoms with Crippen molar-refractivity contribution < 1.29 is 20.7 Å². The summed E-state index contributed by atoms with van der Waals surface area (Å²) in [7, 11) is 0. The molecule has 1 aliphatic rings. The molecule has 4 heteroatoms. The zero-order valence-corrected chi connectivity index (χ0v) is 5.67. The molecule has 0 radical (unpaired) electrons. The first-order chi connectivity index (χ1) is 4.54. The van der Waals surface area contributed by atoms with E-state index in [0.29, 0.717) is 6.42 Å². The Balaban J connectivity index is 2.45. The highest BCUT2D eigenvalue weighted by Crippen LogP contribution is 2.31. The van der Waals surface area contributed by atoms with E-state index in [1.54, 1.807) is 0 Å². The molecule has 0 aromatic rings. The smallest absolute Gasteiger partial charge is 0.121 e. The van der Waals surface area contributed by atoms with Gasteiger partial charge in [-0.1, -0.05) is 0 Å². The quantitative estimate of drug-likeness (QED) is 0.442. The molecule has 0 unspecified atom stereocenters. The fraction of sp³-hybridized carbons (Fsp3) is 0.833. The molecule has 1 saturated carbocycles. The number of quaternary nitrogens is 1. The fourth-order valence-corrected chi connectivity index (χ4v) is 1.16. The van der Waals surface area contributed by atoms with E-state index in [4.69, 9.17) is 0 Å². The van der Waals surface area contributed by atoms with Crippen LogP contribution in [0.25, 0.3) is 0 Å². The summed E-state index contributed by atoms with van der Waals surface area (Å²) in [5, 5.41) is 19.4. The van der Waals surface area contributed by atoms with Crippen LogP contribution >= 0.6 is 0 Å². The minimum atomic E-state index is -1.20. The molecule has 4 N–H and O–H groups in total. The van der Waals surface area contributed by atoms with Crippen LogP contribution in [0.4, 0.5) is 0 Å². The first-order valence-electron chi connectivity index (χ1n) is 3.30. The van der Waals surface area contributed by atoms with Crippen LogP contribution in [0, 0.1) is 0 Å². The van der Waals surface area contributed by atoms with Gasteiger partial charge < -0.3 is 20.7 Å². The van der Waals surface area contributed by atoms with Gasteiger partial charge in [-0.25, -0.2) is 0 Å². The van der Waals surface area contributed by atoms with E-state index >= 15 is 0 Å². The second kappa shape index (κ2) is 2.21. The van der Waals surface area contributed by atoms with Gasteiger partial charge >= 0.3 is 0 Å². The molecule has 0 bridgehead atoms. The lowest BCUT2D eigenvalue weighted by molar-refractivity contribution is -0.481. The predicted octanol–water partition coefficient (Wildman–Crippen LogP) is -2.74. The van der Waals surface area contributed by atoms with Gasteiger partial charge in [0, 0.05) is 18.8 Å². The monoisotopic (exact) mass is 145 g/mol. The van der Waals surface area contributed by atoms with Gasteiger partial charge in [0.15, 0.2) is 0 Å². The third-order valence-corrected chi connectivity index (χ3v) is 2.14. The number of aliphatic carboxylic acids is 1. The first kappa shape index (κ1) is 7.50. The summed E-state index contributed by atoms with van der Waals surface area (Å²) >= 11 is 0. The molecule has 2 atom stereocenters. The lowest BCUT2D eigenvalue weighted by Crippen LogP contribution is -2.77.